The van der Waals surface area contributed by atoms with Crippen molar-refractivity contribution in [3.05, 3.63) is 52.7 Å². The molecule has 1 amide bonds. The van der Waals surface area contributed by atoms with E-state index in [4.69, 9.17) is 4.74 Å². The van der Waals surface area contributed by atoms with E-state index in [9.17, 15) is 9.59 Å². The molecule has 2 aromatic heterocycles. The largest absolute Gasteiger partial charge is 0.375 e. The molecule has 3 heterocycles. The Bertz CT molecular complexity index is 718. The number of hydrogen-bond donors (Lipinski definition) is 1. The highest BCUT2D eigenvalue weighted by molar-refractivity contribution is 5.90. The number of ether oxygens (including phenoxy) is 1. The van der Waals surface area contributed by atoms with Crippen LogP contribution in [0.15, 0.2) is 35.6 Å². The molecule has 3 rings (SSSR count). The number of carbonyl (C=O) groups is 1. The number of nitrogens with zero attached hydrogens (tertiary/aromatic N) is 4. The highest BCUT2D eigenvalue weighted by atomic mass is 16.5. The Labute approximate surface area is 132 Å². The normalized spacial score (nSPS) is 17.9. The van der Waals surface area contributed by atoms with E-state index in [1.165, 1.54) is 12.4 Å². The molecule has 1 aliphatic heterocycles. The predicted octanol–water partition coefficient (Wildman–Crippen LogP) is 0.0337. The minimum Gasteiger partial charge on any atom is -0.375 e. The third-order valence-electron chi connectivity index (χ3n) is 3.64. The molecule has 0 aromatic carbocycles. The first-order valence-corrected chi connectivity index (χ1v) is 7.44. The maximum Gasteiger partial charge on any atom is 0.291 e. The van der Waals surface area contributed by atoms with E-state index in [-0.39, 0.29) is 23.4 Å². The number of amides is 1. The predicted molar refractivity (Wildman–Crippen MR) is 80.9 cm³/mol. The number of aromatic nitrogens is 4. The first-order chi connectivity index (χ1) is 11.2. The van der Waals surface area contributed by atoms with Gasteiger partial charge in [0.25, 0.3) is 11.5 Å². The number of aryl methyl sites for hydroxylation is 1. The van der Waals surface area contributed by atoms with Crippen molar-refractivity contribution in [3.63, 3.8) is 0 Å². The van der Waals surface area contributed by atoms with Gasteiger partial charge in [-0.1, -0.05) is 0 Å². The summed E-state index contributed by atoms with van der Waals surface area (Å²) in [6.07, 6.45) is 5.72. The monoisotopic (exact) mass is 315 g/mol. The van der Waals surface area contributed by atoms with Gasteiger partial charge in [-0.3, -0.25) is 9.59 Å². The van der Waals surface area contributed by atoms with Gasteiger partial charge in [-0.05, 0) is 18.9 Å². The zero-order valence-electron chi connectivity index (χ0n) is 12.5. The van der Waals surface area contributed by atoms with Crippen LogP contribution in [0.3, 0.4) is 0 Å². The number of hydrogen-bond acceptors (Lipinski definition) is 6. The lowest BCUT2D eigenvalue weighted by Crippen LogP contribution is -2.46. The van der Waals surface area contributed by atoms with Gasteiger partial charge in [-0.15, -0.1) is 0 Å². The summed E-state index contributed by atoms with van der Waals surface area (Å²) < 4.78 is 5.70. The van der Waals surface area contributed by atoms with Crippen molar-refractivity contribution in [2.45, 2.75) is 18.9 Å². The lowest BCUT2D eigenvalue weighted by Gasteiger charge is -2.32. The Morgan fingerprint density at radius 3 is 2.96 bits per heavy atom. The van der Waals surface area contributed by atoms with Gasteiger partial charge < -0.3 is 14.6 Å². The van der Waals surface area contributed by atoms with Crippen LogP contribution in [0.4, 0.5) is 0 Å². The maximum atomic E-state index is 12.4. The van der Waals surface area contributed by atoms with Crippen LogP contribution in [-0.2, 0) is 11.2 Å². The zero-order chi connectivity index (χ0) is 16.1. The molecule has 1 aliphatic rings. The number of aromatic amines is 1. The third kappa shape index (κ3) is 3.98. The summed E-state index contributed by atoms with van der Waals surface area (Å²) in [6.45, 7) is 1.49. The lowest BCUT2D eigenvalue weighted by molar-refractivity contribution is -0.0250. The Morgan fingerprint density at radius 1 is 1.35 bits per heavy atom. The molecular weight excluding hydrogens is 298 g/mol. The number of morpholine rings is 1. The molecule has 8 nitrogen and oxygen atoms in total. The van der Waals surface area contributed by atoms with E-state index in [2.05, 4.69) is 19.9 Å². The lowest BCUT2D eigenvalue weighted by atomic mass is 10.1. The quantitative estimate of drug-likeness (QED) is 0.854. The van der Waals surface area contributed by atoms with Gasteiger partial charge in [-0.2, -0.15) is 0 Å². The molecule has 23 heavy (non-hydrogen) atoms. The summed E-state index contributed by atoms with van der Waals surface area (Å²) in [5.74, 6) is 0.0117. The van der Waals surface area contributed by atoms with Gasteiger partial charge in [-0.25, -0.2) is 15.0 Å². The van der Waals surface area contributed by atoms with Gasteiger partial charge in [0, 0.05) is 37.2 Å². The molecule has 0 spiro atoms. The van der Waals surface area contributed by atoms with Crippen LogP contribution >= 0.6 is 0 Å². The van der Waals surface area contributed by atoms with Crippen LogP contribution in [0.1, 0.15) is 22.7 Å². The van der Waals surface area contributed by atoms with Gasteiger partial charge in [0.1, 0.15) is 0 Å². The molecule has 0 saturated carbocycles. The number of H-pyrrole nitrogens is 1. The van der Waals surface area contributed by atoms with Gasteiger partial charge in [0.2, 0.25) is 5.82 Å². The fraction of sp³-hybridized carbons (Fsp3) is 0.400. The highest BCUT2D eigenvalue weighted by Gasteiger charge is 2.26. The Morgan fingerprint density at radius 2 is 2.17 bits per heavy atom. The Hall–Kier alpha value is -2.61. The van der Waals surface area contributed by atoms with Crippen molar-refractivity contribution in [1.82, 2.24) is 24.8 Å². The topological polar surface area (TPSA) is 101 Å². The molecule has 1 N–H and O–H groups in total. The van der Waals surface area contributed by atoms with E-state index < -0.39 is 0 Å². The van der Waals surface area contributed by atoms with E-state index in [1.807, 2.05) is 0 Å². The molecule has 2 aromatic rings. The SMILES string of the molecule is O=C(c1ncccn1)N1CCO[C@@H](CCc2cc(=O)[nH]cn2)C1. The summed E-state index contributed by atoms with van der Waals surface area (Å²) in [7, 11) is 0. The van der Waals surface area contributed by atoms with Gasteiger partial charge in [0.05, 0.1) is 19.0 Å². The second kappa shape index (κ2) is 7.10. The molecule has 120 valence electrons. The Balaban J connectivity index is 1.58. The highest BCUT2D eigenvalue weighted by Crippen LogP contribution is 2.12. The van der Waals surface area contributed by atoms with E-state index >= 15 is 0 Å². The van der Waals surface area contributed by atoms with Crippen molar-refractivity contribution in [2.24, 2.45) is 0 Å². The van der Waals surface area contributed by atoms with Gasteiger partial charge in [0.15, 0.2) is 0 Å². The minimum atomic E-state index is -0.187. The molecule has 1 saturated heterocycles. The van der Waals surface area contributed by atoms with Crippen LogP contribution < -0.4 is 5.56 Å². The molecule has 1 atom stereocenters. The van der Waals surface area contributed by atoms with Crippen molar-refractivity contribution >= 4 is 5.91 Å². The fourth-order valence-corrected chi connectivity index (χ4v) is 2.48. The van der Waals surface area contributed by atoms with Gasteiger partial charge >= 0.3 is 0 Å². The van der Waals surface area contributed by atoms with Crippen LogP contribution in [0, 0.1) is 0 Å². The average Bonchev–Trinajstić information content (AvgIpc) is 2.60. The van der Waals surface area contributed by atoms with E-state index in [0.29, 0.717) is 38.2 Å². The summed E-state index contributed by atoms with van der Waals surface area (Å²) in [5, 5.41) is 0. The second-order valence-corrected chi connectivity index (χ2v) is 5.26. The molecule has 1 fully saturated rings. The maximum absolute atomic E-state index is 12.4. The number of rotatable bonds is 4. The van der Waals surface area contributed by atoms with Crippen molar-refractivity contribution in [3.8, 4) is 0 Å². The van der Waals surface area contributed by atoms with Crippen molar-refractivity contribution in [2.75, 3.05) is 19.7 Å². The second-order valence-electron chi connectivity index (χ2n) is 5.26. The Kier molecular flexibility index (Phi) is 4.72. The molecule has 0 unspecified atom stereocenters. The first kappa shape index (κ1) is 15.3. The smallest absolute Gasteiger partial charge is 0.291 e. The molecule has 0 bridgehead atoms. The number of carbonyl (C=O) groups excluding carboxylic acids is 1. The summed E-state index contributed by atoms with van der Waals surface area (Å²) in [5.41, 5.74) is 0.546. The van der Waals surface area contributed by atoms with Crippen LogP contribution in [-0.4, -0.2) is 56.5 Å². The summed E-state index contributed by atoms with van der Waals surface area (Å²) in [6, 6.07) is 3.15. The summed E-state index contributed by atoms with van der Waals surface area (Å²) >= 11 is 0. The molecule has 0 aliphatic carbocycles. The fourth-order valence-electron chi connectivity index (χ4n) is 2.48. The van der Waals surface area contributed by atoms with Crippen LogP contribution in [0.25, 0.3) is 0 Å². The van der Waals surface area contributed by atoms with Crippen molar-refractivity contribution < 1.29 is 9.53 Å². The minimum absolute atomic E-state index is 0.0856. The standard InChI is InChI=1S/C15H17N5O3/c21-13-8-11(18-10-19-13)2-3-12-9-20(6-7-23-12)15(22)14-16-4-1-5-17-14/h1,4-5,8,10,12H,2-3,6-7,9H2,(H,18,19,21)/t12-/m0/s1. The van der Waals surface area contributed by atoms with Crippen molar-refractivity contribution in [1.29, 1.82) is 0 Å². The molecule has 0 radical (unpaired) electrons. The molecule has 8 heteroatoms. The van der Waals surface area contributed by atoms with Crippen LogP contribution in [0.2, 0.25) is 0 Å². The van der Waals surface area contributed by atoms with E-state index in [1.54, 1.807) is 23.4 Å². The number of nitrogens with one attached hydrogen (secondary N) is 1. The van der Waals surface area contributed by atoms with Crippen LogP contribution in [0.5, 0.6) is 0 Å². The average molecular weight is 315 g/mol. The first-order valence-electron chi connectivity index (χ1n) is 7.44. The molecular formula is C15H17N5O3. The third-order valence-corrected chi connectivity index (χ3v) is 3.64. The summed E-state index contributed by atoms with van der Waals surface area (Å²) in [4.78, 5) is 39.9. The van der Waals surface area contributed by atoms with E-state index in [0.717, 1.165) is 0 Å². The zero-order valence-corrected chi connectivity index (χ0v) is 12.5.